The largest absolute Gasteiger partial charge is 0.280 e. The van der Waals surface area contributed by atoms with E-state index < -0.39 is 10.0 Å². The molecule has 0 saturated heterocycles. The van der Waals surface area contributed by atoms with Crippen molar-refractivity contribution >= 4 is 15.8 Å². The van der Waals surface area contributed by atoms with E-state index in [1.54, 1.807) is 18.2 Å². The lowest BCUT2D eigenvalue weighted by Gasteiger charge is -2.07. The van der Waals surface area contributed by atoms with Gasteiger partial charge in [0.25, 0.3) is 10.0 Å². The van der Waals surface area contributed by atoms with E-state index in [0.29, 0.717) is 5.82 Å². The number of aryl methyl sites for hydroxylation is 2. The summed E-state index contributed by atoms with van der Waals surface area (Å²) in [6.07, 6.45) is 0. The predicted molar refractivity (Wildman–Crippen MR) is 70.0 cm³/mol. The van der Waals surface area contributed by atoms with E-state index in [1.807, 2.05) is 26.8 Å². The lowest BCUT2D eigenvalue weighted by atomic mass is 10.2. The fourth-order valence-electron chi connectivity index (χ4n) is 1.55. The zero-order valence-electron chi connectivity index (χ0n) is 10.5. The Morgan fingerprint density at radius 1 is 1.22 bits per heavy atom. The van der Waals surface area contributed by atoms with Crippen molar-refractivity contribution in [3.8, 4) is 0 Å². The van der Waals surface area contributed by atoms with Gasteiger partial charge in [0.15, 0.2) is 5.82 Å². The monoisotopic (exact) mass is 265 g/mol. The van der Waals surface area contributed by atoms with Gasteiger partial charge in [0.1, 0.15) is 0 Å². The zero-order valence-corrected chi connectivity index (χ0v) is 11.3. The van der Waals surface area contributed by atoms with Crippen LogP contribution in [0.3, 0.4) is 0 Å². The molecule has 2 N–H and O–H groups in total. The molecule has 0 spiro atoms. The second-order valence-electron chi connectivity index (χ2n) is 4.24. The summed E-state index contributed by atoms with van der Waals surface area (Å²) >= 11 is 0. The van der Waals surface area contributed by atoms with Gasteiger partial charge in [-0.1, -0.05) is 12.1 Å². The number of benzene rings is 1. The van der Waals surface area contributed by atoms with E-state index in [-0.39, 0.29) is 4.90 Å². The van der Waals surface area contributed by atoms with Crippen molar-refractivity contribution in [2.45, 2.75) is 25.7 Å². The predicted octanol–water partition coefficient (Wildman–Crippen LogP) is 2.14. The maximum absolute atomic E-state index is 12.2. The van der Waals surface area contributed by atoms with Crippen molar-refractivity contribution in [3.05, 3.63) is 41.1 Å². The van der Waals surface area contributed by atoms with Crippen molar-refractivity contribution in [1.29, 1.82) is 0 Å². The van der Waals surface area contributed by atoms with Crippen LogP contribution < -0.4 is 4.72 Å². The van der Waals surface area contributed by atoms with Crippen LogP contribution >= 0.6 is 0 Å². The molecule has 2 rings (SSSR count). The smallest absolute Gasteiger partial charge is 0.263 e. The second kappa shape index (κ2) is 4.45. The number of hydrogen-bond donors (Lipinski definition) is 2. The number of rotatable bonds is 3. The summed E-state index contributed by atoms with van der Waals surface area (Å²) in [6, 6.07) is 6.75. The van der Waals surface area contributed by atoms with Crippen LogP contribution in [0.2, 0.25) is 0 Å². The molecule has 0 amide bonds. The van der Waals surface area contributed by atoms with Gasteiger partial charge >= 0.3 is 0 Å². The highest BCUT2D eigenvalue weighted by Gasteiger charge is 2.17. The van der Waals surface area contributed by atoms with Gasteiger partial charge in [-0.2, -0.15) is 5.10 Å². The SMILES string of the molecule is Cc1cccc(S(=O)(=O)Nc2n[nH]c(C)c2C)c1. The zero-order chi connectivity index (χ0) is 13.3. The number of aromatic nitrogens is 2. The summed E-state index contributed by atoms with van der Waals surface area (Å²) in [7, 11) is -3.58. The Labute approximate surface area is 106 Å². The third-order valence-corrected chi connectivity index (χ3v) is 4.12. The Balaban J connectivity index is 2.36. The van der Waals surface area contributed by atoms with E-state index in [0.717, 1.165) is 16.8 Å². The summed E-state index contributed by atoms with van der Waals surface area (Å²) in [4.78, 5) is 0.238. The maximum Gasteiger partial charge on any atom is 0.263 e. The highest BCUT2D eigenvalue weighted by atomic mass is 32.2. The second-order valence-corrected chi connectivity index (χ2v) is 5.93. The molecule has 1 aromatic heterocycles. The number of H-pyrrole nitrogens is 1. The minimum Gasteiger partial charge on any atom is -0.280 e. The Bertz CT molecular complexity index is 674. The number of nitrogens with one attached hydrogen (secondary N) is 2. The third kappa shape index (κ3) is 2.38. The minimum absolute atomic E-state index is 0.238. The van der Waals surface area contributed by atoms with Gasteiger partial charge in [-0.05, 0) is 38.5 Å². The van der Waals surface area contributed by atoms with Crippen LogP contribution in [0.1, 0.15) is 16.8 Å². The average molecular weight is 265 g/mol. The van der Waals surface area contributed by atoms with Gasteiger partial charge < -0.3 is 0 Å². The molecule has 0 fully saturated rings. The standard InChI is InChI=1S/C12H15N3O2S/c1-8-5-4-6-11(7-8)18(16,17)15-12-9(2)10(3)13-14-12/h4-7H,1-3H3,(H2,13,14,15). The third-order valence-electron chi connectivity index (χ3n) is 2.78. The fourth-order valence-corrected chi connectivity index (χ4v) is 2.72. The van der Waals surface area contributed by atoms with Gasteiger partial charge in [-0.25, -0.2) is 8.42 Å². The number of sulfonamides is 1. The molecule has 6 heteroatoms. The van der Waals surface area contributed by atoms with E-state index in [4.69, 9.17) is 0 Å². The van der Waals surface area contributed by atoms with E-state index in [2.05, 4.69) is 14.9 Å². The molecule has 2 aromatic rings. The normalized spacial score (nSPS) is 11.5. The molecule has 0 atom stereocenters. The summed E-state index contributed by atoms with van der Waals surface area (Å²) < 4.78 is 26.8. The number of nitrogens with zero attached hydrogens (tertiary/aromatic N) is 1. The molecule has 0 unspecified atom stereocenters. The minimum atomic E-state index is -3.58. The van der Waals surface area contributed by atoms with E-state index >= 15 is 0 Å². The van der Waals surface area contributed by atoms with Crippen molar-refractivity contribution in [3.63, 3.8) is 0 Å². The molecule has 0 aliphatic heterocycles. The highest BCUT2D eigenvalue weighted by Crippen LogP contribution is 2.19. The number of hydrogen-bond acceptors (Lipinski definition) is 3. The lowest BCUT2D eigenvalue weighted by molar-refractivity contribution is 0.601. The van der Waals surface area contributed by atoms with Gasteiger partial charge in [-0.15, -0.1) is 0 Å². The van der Waals surface area contributed by atoms with Crippen LogP contribution in [-0.2, 0) is 10.0 Å². The van der Waals surface area contributed by atoms with Crippen LogP contribution in [0, 0.1) is 20.8 Å². The van der Waals surface area contributed by atoms with Gasteiger partial charge in [0.2, 0.25) is 0 Å². The van der Waals surface area contributed by atoms with Crippen LogP contribution in [0.25, 0.3) is 0 Å². The molecule has 0 aliphatic rings. The average Bonchev–Trinajstić information content (AvgIpc) is 2.61. The molecule has 0 aliphatic carbocycles. The summed E-state index contributed by atoms with van der Waals surface area (Å²) in [5.41, 5.74) is 2.54. The Morgan fingerprint density at radius 2 is 1.94 bits per heavy atom. The summed E-state index contributed by atoms with van der Waals surface area (Å²) in [6.45, 7) is 5.50. The highest BCUT2D eigenvalue weighted by molar-refractivity contribution is 7.92. The molecule has 5 nitrogen and oxygen atoms in total. The van der Waals surface area contributed by atoms with Crippen molar-refractivity contribution < 1.29 is 8.42 Å². The topological polar surface area (TPSA) is 74.8 Å². The van der Waals surface area contributed by atoms with Gasteiger partial charge in [0.05, 0.1) is 4.90 Å². The van der Waals surface area contributed by atoms with E-state index in [9.17, 15) is 8.42 Å². The first-order valence-corrected chi connectivity index (χ1v) is 6.99. The molecular weight excluding hydrogens is 250 g/mol. The number of aromatic amines is 1. The van der Waals surface area contributed by atoms with Crippen LogP contribution in [0.4, 0.5) is 5.82 Å². The van der Waals surface area contributed by atoms with Gasteiger partial charge in [-0.3, -0.25) is 9.82 Å². The Kier molecular flexibility index (Phi) is 3.13. The maximum atomic E-state index is 12.2. The summed E-state index contributed by atoms with van der Waals surface area (Å²) in [5, 5.41) is 6.68. The van der Waals surface area contributed by atoms with Crippen molar-refractivity contribution in [2.24, 2.45) is 0 Å². The fraction of sp³-hybridized carbons (Fsp3) is 0.250. The summed E-state index contributed by atoms with van der Waals surface area (Å²) in [5.74, 6) is 0.342. The molecular formula is C12H15N3O2S. The van der Waals surface area contributed by atoms with Crippen LogP contribution in [-0.4, -0.2) is 18.6 Å². The molecule has 1 heterocycles. The van der Waals surface area contributed by atoms with Crippen LogP contribution in [0.5, 0.6) is 0 Å². The van der Waals surface area contributed by atoms with Crippen LogP contribution in [0.15, 0.2) is 29.2 Å². The first kappa shape index (κ1) is 12.6. The molecule has 0 bridgehead atoms. The molecule has 1 aromatic carbocycles. The first-order chi connectivity index (χ1) is 8.40. The Hall–Kier alpha value is -1.82. The molecule has 96 valence electrons. The van der Waals surface area contributed by atoms with Crippen molar-refractivity contribution in [2.75, 3.05) is 4.72 Å². The molecule has 0 radical (unpaired) electrons. The van der Waals surface area contributed by atoms with Crippen molar-refractivity contribution in [1.82, 2.24) is 10.2 Å². The molecule has 0 saturated carbocycles. The number of anilines is 1. The van der Waals surface area contributed by atoms with E-state index in [1.165, 1.54) is 0 Å². The quantitative estimate of drug-likeness (QED) is 0.892. The Morgan fingerprint density at radius 3 is 2.50 bits per heavy atom. The lowest BCUT2D eigenvalue weighted by Crippen LogP contribution is -2.14. The molecule has 18 heavy (non-hydrogen) atoms. The van der Waals surface area contributed by atoms with Gasteiger partial charge in [0, 0.05) is 11.3 Å². The first-order valence-electron chi connectivity index (χ1n) is 5.51.